The molecule has 138 heavy (non-hydrogen) atoms. The van der Waals surface area contributed by atoms with Crippen molar-refractivity contribution < 1.29 is 131 Å². The molecule has 6 rings (SSSR count). The number of esters is 2. The van der Waals surface area contributed by atoms with Gasteiger partial charge < -0.3 is 98.9 Å². The third kappa shape index (κ3) is 38.9. The van der Waals surface area contributed by atoms with Crippen LogP contribution in [0.2, 0.25) is 0 Å². The average molecular weight is 1990 g/mol. The molecule has 1 aliphatic heterocycles. The number of amides is 8. The van der Waals surface area contributed by atoms with Crippen LogP contribution in [0.4, 0.5) is 16.4 Å². The molecular weight excluding hydrogens is 1870 g/mol. The molecule has 0 saturated carbocycles. The van der Waals surface area contributed by atoms with Crippen molar-refractivity contribution >= 4 is 162 Å². The number of carbonyl (C=O) groups excluding carboxylic acids is 13. The average Bonchev–Trinajstić information content (AvgIpc) is 1.18. The molecule has 1 fully saturated rings. The predicted molar refractivity (Wildman–Crippen MR) is 500 cm³/mol. The highest BCUT2D eigenvalue weighted by Crippen LogP contribution is 2.34. The Labute approximate surface area is 805 Å². The lowest BCUT2D eigenvalue weighted by molar-refractivity contribution is -0.161. The van der Waals surface area contributed by atoms with Gasteiger partial charge in [-0.05, 0) is 125 Å². The number of aliphatic carboxylic acids is 5. The van der Waals surface area contributed by atoms with E-state index in [2.05, 4.69) is 73.0 Å². The summed E-state index contributed by atoms with van der Waals surface area (Å²) in [7, 11) is 3.70. The van der Waals surface area contributed by atoms with Crippen LogP contribution in [0.5, 0.6) is 5.75 Å². The lowest BCUT2D eigenvalue weighted by Crippen LogP contribution is -2.59. The number of benzene rings is 2. The molecule has 22 N–H and O–H groups in total. The number of aromatic nitrogens is 5. The Hall–Kier alpha value is -12.9. The summed E-state index contributed by atoms with van der Waals surface area (Å²) in [6.45, 7) is 11.8. The van der Waals surface area contributed by atoms with Crippen LogP contribution in [0.15, 0.2) is 64.9 Å². The van der Waals surface area contributed by atoms with Crippen molar-refractivity contribution in [1.29, 1.82) is 0 Å². The number of thiazole rings is 1. The minimum absolute atomic E-state index is 0.0105. The lowest BCUT2D eigenvalue weighted by Gasteiger charge is -2.39. The molecule has 0 spiro atoms. The molecule has 0 radical (unpaired) electrons. The number of Topliss-reactive ketones (excluding diaryl/α,β-unsaturated/α-hetero) is 3. The van der Waals surface area contributed by atoms with Gasteiger partial charge >= 0.3 is 47.9 Å². The number of carboxylic acids is 5. The Balaban J connectivity index is 1.02. The Morgan fingerprint density at radius 1 is 0.688 bits per heavy atom. The van der Waals surface area contributed by atoms with Crippen molar-refractivity contribution in [3.63, 3.8) is 0 Å². The van der Waals surface area contributed by atoms with Crippen molar-refractivity contribution in [2.75, 3.05) is 56.0 Å². The molecule has 0 bridgehead atoms. The molecular formula is C88H123N19O28S3. The number of aromatic amines is 1. The minimum Gasteiger partial charge on any atom is -0.508 e. The van der Waals surface area contributed by atoms with E-state index in [-0.39, 0.29) is 127 Å². The number of nitrogens with two attached hydrogens (primary N) is 3. The van der Waals surface area contributed by atoms with E-state index in [1.165, 1.54) is 66.7 Å². The number of likely N-dealkylation sites (N-methyl/N-ethyl adjacent to an activating group) is 1. The molecule has 47 nitrogen and oxygen atoms in total. The van der Waals surface area contributed by atoms with Crippen molar-refractivity contribution in [2.24, 2.45) is 47.0 Å². The topological polar surface area (TPSA) is 734 Å². The number of ether oxygens (including phenoxy) is 3. The molecule has 3 aromatic heterocycles. The largest absolute Gasteiger partial charge is 0.508 e. The fourth-order valence-electron chi connectivity index (χ4n) is 14.7. The summed E-state index contributed by atoms with van der Waals surface area (Å²) >= 11 is 0.990. The van der Waals surface area contributed by atoms with Crippen LogP contribution in [0.1, 0.15) is 207 Å². The number of anilines is 2. The fraction of sp³-hybridized carbons (Fsp3) is 0.557. The molecule has 1 unspecified atom stereocenters. The van der Waals surface area contributed by atoms with Gasteiger partial charge in [-0.1, -0.05) is 88.1 Å². The van der Waals surface area contributed by atoms with Crippen molar-refractivity contribution in [1.82, 2.24) is 77.5 Å². The first-order chi connectivity index (χ1) is 65.3. The zero-order valence-electron chi connectivity index (χ0n) is 77.6. The highest BCUT2D eigenvalue weighted by atomic mass is 33.1. The monoisotopic (exact) mass is 1990 g/mol. The van der Waals surface area contributed by atoms with Gasteiger partial charge in [0, 0.05) is 91.6 Å². The highest BCUT2D eigenvalue weighted by Gasteiger charge is 2.42. The van der Waals surface area contributed by atoms with E-state index in [0.29, 0.717) is 42.8 Å². The number of hydrazine groups is 1. The molecule has 0 aliphatic carbocycles. The second kappa shape index (κ2) is 57.3. The molecule has 8 amide bonds. The number of aromatic hydroxyl groups is 1. The Bertz CT molecular complexity index is 5130. The van der Waals surface area contributed by atoms with Gasteiger partial charge in [0.25, 0.3) is 17.4 Å². The smallest absolute Gasteiger partial charge is 0.426 e. The van der Waals surface area contributed by atoms with E-state index in [0.717, 1.165) is 45.8 Å². The maximum Gasteiger partial charge on any atom is 0.426 e. The number of carboxylic acid groups (broad SMARTS) is 5. The van der Waals surface area contributed by atoms with E-state index in [1.807, 2.05) is 39.6 Å². The number of nitrogens with zero attached hydrogens (tertiary/aromatic N) is 6. The molecule has 13 atom stereocenters. The van der Waals surface area contributed by atoms with Gasteiger partial charge in [0.15, 0.2) is 35.6 Å². The summed E-state index contributed by atoms with van der Waals surface area (Å²) < 4.78 is 16.8. The number of phenols is 1. The van der Waals surface area contributed by atoms with Gasteiger partial charge in [0.1, 0.15) is 47.2 Å². The highest BCUT2D eigenvalue weighted by molar-refractivity contribution is 8.76. The van der Waals surface area contributed by atoms with E-state index >= 15 is 4.79 Å². The van der Waals surface area contributed by atoms with Gasteiger partial charge in [-0.25, -0.2) is 30.0 Å². The number of hydrogen-bond acceptors (Lipinski definition) is 36. The summed E-state index contributed by atoms with van der Waals surface area (Å²) in [5.74, 6) is -25.7. The Morgan fingerprint density at radius 2 is 1.34 bits per heavy atom. The van der Waals surface area contributed by atoms with Crippen LogP contribution >= 0.6 is 32.9 Å². The van der Waals surface area contributed by atoms with Gasteiger partial charge in [-0.2, -0.15) is 4.98 Å². The minimum atomic E-state index is -2.02. The number of likely N-dealkylation sites (tertiary alicyclic amines) is 1. The summed E-state index contributed by atoms with van der Waals surface area (Å²) in [5, 5.41) is 80.1. The zero-order valence-corrected chi connectivity index (χ0v) is 80.1. The number of carbonyl (C=O) groups is 18. The number of phenolic OH excluding ortho intramolecular Hbond substituents is 1. The third-order valence-corrected chi connectivity index (χ3v) is 25.7. The van der Waals surface area contributed by atoms with Gasteiger partial charge in [0.05, 0.1) is 73.6 Å². The third-order valence-electron chi connectivity index (χ3n) is 22.4. The number of fused-ring (bicyclic) bond motifs is 1. The Kier molecular flexibility index (Phi) is 47.3. The quantitative estimate of drug-likeness (QED) is 0.00664. The SMILES string of the molecule is CCCC(=O)OCN(C(=O)[C@@H](NC(=O)[C@H]1CCCCN1C)C(C)CC)[C@H](C[C@@H](OC(C)=O)c1nc(C(=O)N[C@@H](Cc2ccc(O)cc2)C[C@H](C)C(=O)NNC(=O)OCCSSC[C@@H](CC(=O)[C@H](CC(=O)O)NC(=O)[C@H](CC(=O)O)CC(=O)[C@H](CCCNC(N)N)NC(=O)[C@H](CC(=O)O)CC(=O)CC[C@H](NC(=O)c2ccc(NCc3cnc4nc(N)[nH]c(=O)c4n3)cc2)C(=O)O)C(=O)O)cs1)C(C)C. The standard InChI is InChI=1S/C88H123N19O28S3/c1-9-14-71(119)134-44-107(83(127)72(46(5)10-2)101-80(125)63-16-11-12-28-106(63)8)64(45(3)4)39-67(135-48(7)108)82-100-62(43-136-82)79(124)96-55(32-49-17-23-57(109)24-18-49)31-47(6)75(120)104-105-88(132)133-29-30-137-138-42-53(84(128)129)35-66(112)61(38-70(117)118)99-78(123)52(37-69(115)116)34-65(111)59(15-13-27-92-86(89)90)97-77(122)51(36-68(113)114)33-58(110)25-26-60(85(130)131)98-76(121)50-19-21-54(22-20-50)93-40-56-41-94-74-73(95-56)81(126)103-87(91)102-74/h17-24,41,43,45-47,51-53,55,59-61,63-64,67,72,86,92-93,109H,9-16,25-40,42,44,89-90H2,1-8H3,(H,96,124)(H,97,122)(H,98,121)(H,99,123)(H,101,125)(H,104,120)(H,105,132)(H,113,114)(H,115,116)(H,117,118)(H,128,129)(H,130,131)(H3,91,94,102,103,126)/t46?,47-,51-,52-,53+,55+,59-,60-,61-,63+,64+,67+,72-/m0/s1. The van der Waals surface area contributed by atoms with Crippen LogP contribution in [-0.2, 0) is 99.1 Å². The number of hydrogen-bond donors (Lipinski definition) is 19. The van der Waals surface area contributed by atoms with Crippen molar-refractivity contribution in [3.05, 3.63) is 98.0 Å². The lowest BCUT2D eigenvalue weighted by atomic mass is 9.90. The number of ketones is 3. The van der Waals surface area contributed by atoms with Crippen molar-refractivity contribution in [3.8, 4) is 5.75 Å². The normalized spacial score (nSPS) is 15.2. The van der Waals surface area contributed by atoms with Crippen molar-refractivity contribution in [2.45, 2.75) is 232 Å². The van der Waals surface area contributed by atoms with Crippen LogP contribution in [0.25, 0.3) is 11.2 Å². The molecule has 1 saturated heterocycles. The molecule has 50 heteroatoms. The zero-order chi connectivity index (χ0) is 102. The first-order valence-corrected chi connectivity index (χ1v) is 48.0. The van der Waals surface area contributed by atoms with Crippen LogP contribution in [0, 0.1) is 35.5 Å². The van der Waals surface area contributed by atoms with Crippen LogP contribution in [-0.4, -0.2) is 266 Å². The molecule has 5 aromatic rings. The summed E-state index contributed by atoms with van der Waals surface area (Å²) in [5.41, 5.74) is 21.8. The second-order valence-electron chi connectivity index (χ2n) is 33.7. The molecule has 4 heterocycles. The first-order valence-electron chi connectivity index (χ1n) is 44.7. The molecule has 756 valence electrons. The summed E-state index contributed by atoms with van der Waals surface area (Å²) in [4.78, 5) is 275. The second-order valence-corrected chi connectivity index (χ2v) is 37.2. The van der Waals surface area contributed by atoms with Gasteiger partial charge in [-0.15, -0.1) is 11.3 Å². The van der Waals surface area contributed by atoms with Crippen LogP contribution in [0.3, 0.4) is 0 Å². The maximum absolute atomic E-state index is 15.1. The first kappa shape index (κ1) is 114. The molecule has 2 aromatic carbocycles. The number of rotatable bonds is 61. The predicted octanol–water partition coefficient (Wildman–Crippen LogP) is 3.18. The number of nitrogen functional groups attached to an aromatic ring is 1. The van der Waals surface area contributed by atoms with Crippen LogP contribution < -0.4 is 70.8 Å². The van der Waals surface area contributed by atoms with E-state index < -0.39 is 243 Å². The fourth-order valence-corrected chi connectivity index (χ4v) is 17.7. The van der Waals surface area contributed by atoms with E-state index in [9.17, 15) is 117 Å². The summed E-state index contributed by atoms with van der Waals surface area (Å²) in [6, 6.07) is 3.16. The number of nitrogens with one attached hydrogen (secondary N) is 10. The number of H-pyrrole nitrogens is 1. The van der Waals surface area contributed by atoms with Gasteiger partial charge in [0.2, 0.25) is 35.5 Å². The van der Waals surface area contributed by atoms with E-state index in [1.54, 1.807) is 19.1 Å². The van der Waals surface area contributed by atoms with E-state index in [4.69, 9.17) is 31.4 Å². The Morgan fingerprint density at radius 3 is 1.96 bits per heavy atom. The molecule has 1 aliphatic rings. The maximum atomic E-state index is 15.1. The van der Waals surface area contributed by atoms with Gasteiger partial charge in [-0.3, -0.25) is 102 Å². The summed E-state index contributed by atoms with van der Waals surface area (Å²) in [6.07, 6.45) is -6.41. The number of piperidine rings is 1.